The number of rotatable bonds is 3. The van der Waals surface area contributed by atoms with Gasteiger partial charge in [0.2, 0.25) is 0 Å². The van der Waals surface area contributed by atoms with Gasteiger partial charge in [-0.1, -0.05) is 6.07 Å². The highest BCUT2D eigenvalue weighted by Gasteiger charge is 2.12. The Labute approximate surface area is 95.8 Å². The molecular weight excluding hydrogens is 212 g/mol. The summed E-state index contributed by atoms with van der Waals surface area (Å²) in [6, 6.07) is 5.61. The molecule has 0 amide bonds. The van der Waals surface area contributed by atoms with Crippen molar-refractivity contribution in [3.63, 3.8) is 0 Å². The summed E-state index contributed by atoms with van der Waals surface area (Å²) in [4.78, 5) is 0. The third-order valence-electron chi connectivity index (χ3n) is 1.79. The monoisotopic (exact) mass is 228 g/mol. The average molecular weight is 229 g/mol. The summed E-state index contributed by atoms with van der Waals surface area (Å²) in [5, 5.41) is 9.08. The Hall–Kier alpha value is -0.730. The average Bonchev–Trinajstić information content (AvgIpc) is 2.14. The smallest absolute Gasteiger partial charge is 0.120 e. The van der Waals surface area contributed by atoms with Crippen LogP contribution in [-0.2, 0) is 12.5 Å². The number of ether oxygens (including phenoxy) is 1. The number of aliphatic hydroxyl groups is 1. The van der Waals surface area contributed by atoms with E-state index in [-0.39, 0.29) is 12.2 Å². The van der Waals surface area contributed by atoms with Crippen molar-refractivity contribution < 1.29 is 9.84 Å². The molecule has 0 saturated carbocycles. The standard InChI is InChI=1S/C12H17ClO2/c1-12(2,3)15-11-5-9(7-13)4-10(6-11)8-14/h4-6,14H,7-8H2,1-3H3. The molecule has 0 atom stereocenters. The van der Waals surface area contributed by atoms with Crippen molar-refractivity contribution in [2.75, 3.05) is 0 Å². The molecule has 2 nitrogen and oxygen atoms in total. The van der Waals surface area contributed by atoms with Crippen LogP contribution >= 0.6 is 11.6 Å². The summed E-state index contributed by atoms with van der Waals surface area (Å²) in [6.45, 7) is 5.96. The van der Waals surface area contributed by atoms with Crippen LogP contribution in [0.5, 0.6) is 5.75 Å². The Morgan fingerprint density at radius 3 is 2.27 bits per heavy atom. The molecule has 84 valence electrons. The van der Waals surface area contributed by atoms with Crippen molar-refractivity contribution in [1.82, 2.24) is 0 Å². The zero-order valence-corrected chi connectivity index (χ0v) is 10.1. The van der Waals surface area contributed by atoms with Crippen LogP contribution in [0.3, 0.4) is 0 Å². The number of hydrogen-bond donors (Lipinski definition) is 1. The Kier molecular flexibility index (Phi) is 4.00. The van der Waals surface area contributed by atoms with Gasteiger partial charge in [0.1, 0.15) is 11.4 Å². The SMILES string of the molecule is CC(C)(C)Oc1cc(CO)cc(CCl)c1. The molecule has 0 aliphatic rings. The molecule has 1 aromatic carbocycles. The van der Waals surface area contributed by atoms with Crippen molar-refractivity contribution in [3.05, 3.63) is 29.3 Å². The lowest BCUT2D eigenvalue weighted by Gasteiger charge is -2.22. The van der Waals surface area contributed by atoms with Crippen LogP contribution in [0.15, 0.2) is 18.2 Å². The largest absolute Gasteiger partial charge is 0.488 e. The fourth-order valence-corrected chi connectivity index (χ4v) is 1.46. The molecule has 0 aromatic heterocycles. The normalized spacial score (nSPS) is 11.5. The lowest BCUT2D eigenvalue weighted by atomic mass is 10.1. The van der Waals surface area contributed by atoms with Crippen LogP contribution in [0, 0.1) is 0 Å². The lowest BCUT2D eigenvalue weighted by molar-refractivity contribution is 0.130. The molecule has 3 heteroatoms. The lowest BCUT2D eigenvalue weighted by Crippen LogP contribution is -2.23. The second-order valence-electron chi connectivity index (χ2n) is 4.49. The van der Waals surface area contributed by atoms with Gasteiger partial charge in [0.05, 0.1) is 6.61 Å². The summed E-state index contributed by atoms with van der Waals surface area (Å²) in [6.07, 6.45) is 0. The second-order valence-corrected chi connectivity index (χ2v) is 4.76. The molecule has 0 bridgehead atoms. The van der Waals surface area contributed by atoms with Crippen molar-refractivity contribution >= 4 is 11.6 Å². The summed E-state index contributed by atoms with van der Waals surface area (Å²) >= 11 is 5.76. The Bertz CT molecular complexity index is 307. The summed E-state index contributed by atoms with van der Waals surface area (Å²) in [7, 11) is 0. The minimum Gasteiger partial charge on any atom is -0.488 e. The van der Waals surface area contributed by atoms with Gasteiger partial charge in [-0.25, -0.2) is 0 Å². The van der Waals surface area contributed by atoms with Crippen LogP contribution in [0.4, 0.5) is 0 Å². The molecule has 0 fully saturated rings. The molecule has 0 radical (unpaired) electrons. The highest BCUT2D eigenvalue weighted by Crippen LogP contribution is 2.22. The van der Waals surface area contributed by atoms with E-state index in [0.717, 1.165) is 16.9 Å². The molecule has 1 aromatic rings. The van der Waals surface area contributed by atoms with Gasteiger partial charge in [0, 0.05) is 5.88 Å². The predicted octanol–water partition coefficient (Wildman–Crippen LogP) is 3.10. The van der Waals surface area contributed by atoms with E-state index >= 15 is 0 Å². The third kappa shape index (κ3) is 4.10. The van der Waals surface area contributed by atoms with Gasteiger partial charge in [0.25, 0.3) is 0 Å². The maximum absolute atomic E-state index is 9.08. The molecule has 1 N–H and O–H groups in total. The molecule has 0 unspecified atom stereocenters. The summed E-state index contributed by atoms with van der Waals surface area (Å²) < 4.78 is 5.72. The van der Waals surface area contributed by atoms with E-state index in [1.165, 1.54) is 0 Å². The van der Waals surface area contributed by atoms with Gasteiger partial charge >= 0.3 is 0 Å². The first-order valence-electron chi connectivity index (χ1n) is 4.93. The van der Waals surface area contributed by atoms with E-state index in [2.05, 4.69) is 0 Å². The van der Waals surface area contributed by atoms with E-state index in [1.54, 1.807) is 0 Å². The fourth-order valence-electron chi connectivity index (χ4n) is 1.31. The maximum Gasteiger partial charge on any atom is 0.120 e. The third-order valence-corrected chi connectivity index (χ3v) is 2.10. The molecule has 1 rings (SSSR count). The minimum absolute atomic E-state index is 0.00519. The van der Waals surface area contributed by atoms with Crippen molar-refractivity contribution in [2.45, 2.75) is 38.9 Å². The van der Waals surface area contributed by atoms with Gasteiger partial charge in [0.15, 0.2) is 0 Å². The van der Waals surface area contributed by atoms with Crippen molar-refractivity contribution in [1.29, 1.82) is 0 Å². The predicted molar refractivity (Wildman–Crippen MR) is 62.3 cm³/mol. The van der Waals surface area contributed by atoms with Crippen LogP contribution in [0.25, 0.3) is 0 Å². The van der Waals surface area contributed by atoms with Crippen molar-refractivity contribution in [3.8, 4) is 5.75 Å². The zero-order valence-electron chi connectivity index (χ0n) is 9.38. The quantitative estimate of drug-likeness (QED) is 0.806. The zero-order chi connectivity index (χ0) is 11.5. The topological polar surface area (TPSA) is 29.5 Å². The number of halogens is 1. The van der Waals surface area contributed by atoms with Crippen LogP contribution in [0.2, 0.25) is 0 Å². The highest BCUT2D eigenvalue weighted by atomic mass is 35.5. The van der Waals surface area contributed by atoms with E-state index in [0.29, 0.717) is 5.88 Å². The Balaban J connectivity index is 2.97. The number of hydrogen-bond acceptors (Lipinski definition) is 2. The molecule has 0 aliphatic carbocycles. The first-order chi connectivity index (χ1) is 6.94. The van der Waals surface area contributed by atoms with Gasteiger partial charge in [-0.3, -0.25) is 0 Å². The number of alkyl halides is 1. The van der Waals surface area contributed by atoms with Gasteiger partial charge in [-0.2, -0.15) is 0 Å². The van der Waals surface area contributed by atoms with Crippen LogP contribution < -0.4 is 4.74 Å². The van der Waals surface area contributed by atoms with Gasteiger partial charge in [-0.05, 0) is 44.0 Å². The molecular formula is C12H17ClO2. The molecule has 0 saturated heterocycles. The molecule has 0 aliphatic heterocycles. The first kappa shape index (κ1) is 12.3. The van der Waals surface area contributed by atoms with Gasteiger partial charge < -0.3 is 9.84 Å². The molecule has 0 spiro atoms. The molecule has 0 heterocycles. The van der Waals surface area contributed by atoms with Crippen LogP contribution in [0.1, 0.15) is 31.9 Å². The Morgan fingerprint density at radius 1 is 1.20 bits per heavy atom. The summed E-state index contributed by atoms with van der Waals surface area (Å²) in [5.74, 6) is 1.18. The van der Waals surface area contributed by atoms with Crippen molar-refractivity contribution in [2.24, 2.45) is 0 Å². The van der Waals surface area contributed by atoms with E-state index in [9.17, 15) is 0 Å². The van der Waals surface area contributed by atoms with Crippen LogP contribution in [-0.4, -0.2) is 10.7 Å². The fraction of sp³-hybridized carbons (Fsp3) is 0.500. The van der Waals surface area contributed by atoms with Gasteiger partial charge in [-0.15, -0.1) is 11.6 Å². The summed E-state index contributed by atoms with van der Waals surface area (Å²) in [5.41, 5.74) is 1.55. The second kappa shape index (κ2) is 4.86. The molecule has 15 heavy (non-hydrogen) atoms. The highest BCUT2D eigenvalue weighted by molar-refractivity contribution is 6.17. The van der Waals surface area contributed by atoms with E-state index in [4.69, 9.17) is 21.4 Å². The Morgan fingerprint density at radius 2 is 1.80 bits per heavy atom. The maximum atomic E-state index is 9.08. The van der Waals surface area contributed by atoms with E-state index < -0.39 is 0 Å². The number of aliphatic hydroxyl groups excluding tert-OH is 1. The minimum atomic E-state index is -0.238. The van der Waals surface area contributed by atoms with E-state index in [1.807, 2.05) is 39.0 Å². The number of benzene rings is 1. The first-order valence-corrected chi connectivity index (χ1v) is 5.47.